The van der Waals surface area contributed by atoms with Crippen LogP contribution in [0.4, 0.5) is 0 Å². The molecule has 1 unspecified atom stereocenters. The lowest BCUT2D eigenvalue weighted by atomic mass is 9.85. The molecule has 2 saturated heterocycles. The Morgan fingerprint density at radius 3 is 2.78 bits per heavy atom. The van der Waals surface area contributed by atoms with Crippen LogP contribution >= 0.6 is 0 Å². The van der Waals surface area contributed by atoms with Crippen molar-refractivity contribution in [1.82, 2.24) is 5.32 Å². The number of hydrogen-bond donors (Lipinski definition) is 1. The van der Waals surface area contributed by atoms with Crippen molar-refractivity contribution in [2.45, 2.75) is 31.9 Å². The molecule has 1 aromatic carbocycles. The lowest BCUT2D eigenvalue weighted by molar-refractivity contribution is -0.237. The Kier molecular flexibility index (Phi) is 3.14. The molecule has 2 fully saturated rings. The molecular weight excluding hydrogens is 226 g/mol. The number of aryl methyl sites for hydroxylation is 2. The van der Waals surface area contributed by atoms with Gasteiger partial charge in [0.2, 0.25) is 0 Å². The van der Waals surface area contributed by atoms with E-state index in [1.54, 1.807) is 0 Å². The molecule has 18 heavy (non-hydrogen) atoms. The molecule has 0 radical (unpaired) electrons. The van der Waals surface area contributed by atoms with Gasteiger partial charge in [0.15, 0.2) is 0 Å². The van der Waals surface area contributed by atoms with Gasteiger partial charge in [0.1, 0.15) is 5.60 Å². The summed E-state index contributed by atoms with van der Waals surface area (Å²) in [6, 6.07) is 7.10. The lowest BCUT2D eigenvalue weighted by Gasteiger charge is -2.49. The van der Waals surface area contributed by atoms with E-state index in [1.807, 2.05) is 0 Å². The highest BCUT2D eigenvalue weighted by molar-refractivity contribution is 5.31. The minimum Gasteiger partial charge on any atom is -0.375 e. The third-order valence-corrected chi connectivity index (χ3v) is 4.22. The highest BCUT2D eigenvalue weighted by atomic mass is 16.6. The van der Waals surface area contributed by atoms with E-state index in [9.17, 15) is 0 Å². The van der Waals surface area contributed by atoms with Crippen molar-refractivity contribution in [1.29, 1.82) is 0 Å². The molecule has 2 heterocycles. The molecule has 1 aromatic rings. The second-order valence-corrected chi connectivity index (χ2v) is 5.54. The summed E-state index contributed by atoms with van der Waals surface area (Å²) in [5.74, 6) is 0. The van der Waals surface area contributed by atoms with Gasteiger partial charge in [-0.2, -0.15) is 0 Å². The maximum atomic E-state index is 5.95. The Balaban J connectivity index is 1.76. The molecule has 3 heteroatoms. The molecule has 3 rings (SSSR count). The van der Waals surface area contributed by atoms with Crippen molar-refractivity contribution < 1.29 is 9.47 Å². The normalized spacial score (nSPS) is 26.0. The predicted molar refractivity (Wildman–Crippen MR) is 70.9 cm³/mol. The second-order valence-electron chi connectivity index (χ2n) is 5.54. The second kappa shape index (κ2) is 4.65. The van der Waals surface area contributed by atoms with Gasteiger partial charge in [0.05, 0.1) is 19.8 Å². The topological polar surface area (TPSA) is 30.5 Å². The van der Waals surface area contributed by atoms with Gasteiger partial charge >= 0.3 is 0 Å². The Labute approximate surface area is 108 Å². The van der Waals surface area contributed by atoms with Crippen molar-refractivity contribution >= 4 is 0 Å². The maximum absolute atomic E-state index is 5.95. The first-order chi connectivity index (χ1) is 8.70. The largest absolute Gasteiger partial charge is 0.375 e. The van der Waals surface area contributed by atoms with E-state index < -0.39 is 0 Å². The number of nitrogens with one attached hydrogen (secondary N) is 1. The minimum atomic E-state index is -0.0724. The van der Waals surface area contributed by atoms with E-state index in [1.165, 1.54) is 16.7 Å². The summed E-state index contributed by atoms with van der Waals surface area (Å²) in [6.07, 6.45) is 1.02. The monoisotopic (exact) mass is 247 g/mol. The average Bonchev–Trinajstić information content (AvgIpc) is 2.33. The molecule has 0 saturated carbocycles. The molecule has 1 spiro atoms. The van der Waals surface area contributed by atoms with E-state index >= 15 is 0 Å². The molecule has 2 aliphatic rings. The van der Waals surface area contributed by atoms with E-state index in [2.05, 4.69) is 37.4 Å². The number of ether oxygens (including phenoxy) is 2. The first-order valence-electron chi connectivity index (χ1n) is 6.71. The summed E-state index contributed by atoms with van der Waals surface area (Å²) in [4.78, 5) is 0. The first kappa shape index (κ1) is 12.2. The van der Waals surface area contributed by atoms with Crippen LogP contribution in [0.15, 0.2) is 18.2 Å². The van der Waals surface area contributed by atoms with Crippen LogP contribution in [0.3, 0.4) is 0 Å². The molecule has 0 aromatic heterocycles. The van der Waals surface area contributed by atoms with Crippen molar-refractivity contribution in [3.05, 3.63) is 34.9 Å². The molecule has 98 valence electrons. The van der Waals surface area contributed by atoms with Crippen LogP contribution in [0.25, 0.3) is 0 Å². The Hall–Kier alpha value is -0.900. The fraction of sp³-hybridized carbons (Fsp3) is 0.600. The van der Waals surface area contributed by atoms with Crippen molar-refractivity contribution in [3.8, 4) is 0 Å². The van der Waals surface area contributed by atoms with E-state index in [0.717, 1.165) is 32.8 Å². The molecule has 0 aliphatic carbocycles. The van der Waals surface area contributed by atoms with Gasteiger partial charge in [0.25, 0.3) is 0 Å². The summed E-state index contributed by atoms with van der Waals surface area (Å²) in [5.41, 5.74) is 4.03. The maximum Gasteiger partial charge on any atom is 0.130 e. The van der Waals surface area contributed by atoms with Crippen molar-refractivity contribution in [2.75, 3.05) is 26.4 Å². The van der Waals surface area contributed by atoms with Gasteiger partial charge in [-0.1, -0.05) is 18.2 Å². The number of morpholine rings is 1. The standard InChI is InChI=1S/C15H21NO2/c1-11-3-4-13(7-12(11)2)8-14-15(9-17-10-15)18-6-5-16-14/h3-4,7,14,16H,5-6,8-10H2,1-2H3. The van der Waals surface area contributed by atoms with Crippen LogP contribution in [-0.2, 0) is 15.9 Å². The molecule has 1 N–H and O–H groups in total. The number of rotatable bonds is 2. The summed E-state index contributed by atoms with van der Waals surface area (Å²) < 4.78 is 11.3. The fourth-order valence-electron chi connectivity index (χ4n) is 2.79. The fourth-order valence-corrected chi connectivity index (χ4v) is 2.79. The van der Waals surface area contributed by atoms with Crippen LogP contribution in [0.2, 0.25) is 0 Å². The smallest absolute Gasteiger partial charge is 0.130 e. The third kappa shape index (κ3) is 2.07. The number of hydrogen-bond acceptors (Lipinski definition) is 3. The molecule has 1 atom stereocenters. The van der Waals surface area contributed by atoms with Gasteiger partial charge in [-0.05, 0) is 37.0 Å². The molecule has 2 aliphatic heterocycles. The summed E-state index contributed by atoms with van der Waals surface area (Å²) in [6.45, 7) is 7.53. The summed E-state index contributed by atoms with van der Waals surface area (Å²) >= 11 is 0. The van der Waals surface area contributed by atoms with Crippen molar-refractivity contribution in [3.63, 3.8) is 0 Å². The van der Waals surface area contributed by atoms with Gasteiger partial charge in [-0.15, -0.1) is 0 Å². The Morgan fingerprint density at radius 2 is 2.11 bits per heavy atom. The number of benzene rings is 1. The highest BCUT2D eigenvalue weighted by Gasteiger charge is 2.48. The van der Waals surface area contributed by atoms with Crippen LogP contribution in [0.5, 0.6) is 0 Å². The van der Waals surface area contributed by atoms with Gasteiger partial charge in [-0.25, -0.2) is 0 Å². The predicted octanol–water partition coefficient (Wildman–Crippen LogP) is 1.60. The van der Waals surface area contributed by atoms with Crippen LogP contribution < -0.4 is 5.32 Å². The summed E-state index contributed by atoms with van der Waals surface area (Å²) in [7, 11) is 0. The van der Waals surface area contributed by atoms with Crippen LogP contribution in [0.1, 0.15) is 16.7 Å². The molecule has 0 amide bonds. The lowest BCUT2D eigenvalue weighted by Crippen LogP contribution is -2.68. The first-order valence-corrected chi connectivity index (χ1v) is 6.71. The molecule has 0 bridgehead atoms. The quantitative estimate of drug-likeness (QED) is 0.861. The SMILES string of the molecule is Cc1ccc(CC2NCCOC23COC3)cc1C. The van der Waals surface area contributed by atoms with Gasteiger partial charge in [-0.3, -0.25) is 0 Å². The summed E-state index contributed by atoms with van der Waals surface area (Å²) in [5, 5.41) is 3.59. The minimum absolute atomic E-state index is 0.0724. The van der Waals surface area contributed by atoms with E-state index in [4.69, 9.17) is 9.47 Å². The Bertz CT molecular complexity index is 440. The van der Waals surface area contributed by atoms with Crippen LogP contribution in [-0.4, -0.2) is 38.0 Å². The molecule has 3 nitrogen and oxygen atoms in total. The zero-order valence-electron chi connectivity index (χ0n) is 11.2. The van der Waals surface area contributed by atoms with E-state index in [0.29, 0.717) is 6.04 Å². The van der Waals surface area contributed by atoms with Crippen LogP contribution in [0, 0.1) is 13.8 Å². The van der Waals surface area contributed by atoms with Gasteiger partial charge in [0, 0.05) is 12.6 Å². The zero-order chi connectivity index (χ0) is 12.6. The van der Waals surface area contributed by atoms with Gasteiger partial charge < -0.3 is 14.8 Å². The zero-order valence-corrected chi connectivity index (χ0v) is 11.2. The van der Waals surface area contributed by atoms with E-state index in [-0.39, 0.29) is 5.60 Å². The average molecular weight is 247 g/mol. The Morgan fingerprint density at radius 1 is 1.28 bits per heavy atom. The third-order valence-electron chi connectivity index (χ3n) is 4.22. The van der Waals surface area contributed by atoms with Crippen molar-refractivity contribution in [2.24, 2.45) is 0 Å². The molecular formula is C15H21NO2. The highest BCUT2D eigenvalue weighted by Crippen LogP contribution is 2.30.